The van der Waals surface area contributed by atoms with Crippen LogP contribution in [0.5, 0.6) is 0 Å². The van der Waals surface area contributed by atoms with Gasteiger partial charge in [-0.2, -0.15) is 0 Å². The minimum atomic E-state index is 0.161. The molecule has 1 heterocycles. The van der Waals surface area contributed by atoms with Gasteiger partial charge in [0.2, 0.25) is 0 Å². The second-order valence-corrected chi connectivity index (χ2v) is 2.63. The number of aliphatic hydroxyl groups excluding tert-OH is 1. The molecule has 10 heavy (non-hydrogen) atoms. The van der Waals surface area contributed by atoms with Crippen molar-refractivity contribution in [1.29, 1.82) is 0 Å². The third-order valence-electron chi connectivity index (χ3n) is 1.92. The van der Waals surface area contributed by atoms with Crippen LogP contribution in [0.3, 0.4) is 0 Å². The standard InChI is InChI=1S/C8H9NO/c10-5-6-1-7-3-9-4-8(7)2-6/h1-3,7,10H,4-5H2/t7-/m0/s1. The van der Waals surface area contributed by atoms with Crippen LogP contribution < -0.4 is 0 Å². The molecule has 2 heteroatoms. The molecule has 2 nitrogen and oxygen atoms in total. The van der Waals surface area contributed by atoms with E-state index in [0.29, 0.717) is 5.92 Å². The molecule has 0 radical (unpaired) electrons. The van der Waals surface area contributed by atoms with Crippen LogP contribution in [0.1, 0.15) is 0 Å². The Morgan fingerprint density at radius 3 is 3.30 bits per heavy atom. The Morgan fingerprint density at radius 2 is 2.60 bits per heavy atom. The maximum Gasteiger partial charge on any atom is 0.0679 e. The second-order valence-electron chi connectivity index (χ2n) is 2.63. The molecule has 2 aliphatic rings. The van der Waals surface area contributed by atoms with E-state index in [9.17, 15) is 0 Å². The molecule has 52 valence electrons. The van der Waals surface area contributed by atoms with E-state index in [2.05, 4.69) is 11.1 Å². The molecular weight excluding hydrogens is 126 g/mol. The maximum atomic E-state index is 8.76. The molecule has 1 aliphatic heterocycles. The van der Waals surface area contributed by atoms with Crippen LogP contribution >= 0.6 is 0 Å². The molecule has 0 saturated heterocycles. The fraction of sp³-hybridized carbons (Fsp3) is 0.375. The smallest absolute Gasteiger partial charge is 0.0679 e. The van der Waals surface area contributed by atoms with Crippen molar-refractivity contribution in [3.05, 3.63) is 23.3 Å². The van der Waals surface area contributed by atoms with E-state index in [1.165, 1.54) is 5.57 Å². The maximum absolute atomic E-state index is 8.76. The first-order valence-electron chi connectivity index (χ1n) is 3.42. The molecular formula is C8H9NO. The molecule has 2 rings (SSSR count). The van der Waals surface area contributed by atoms with Crippen molar-refractivity contribution in [3.8, 4) is 0 Å². The number of rotatable bonds is 1. The number of aliphatic imine (C=N–C) groups is 1. The molecule has 0 unspecified atom stereocenters. The molecule has 0 bridgehead atoms. The number of nitrogens with zero attached hydrogens (tertiary/aromatic N) is 1. The van der Waals surface area contributed by atoms with E-state index in [1.54, 1.807) is 0 Å². The predicted octanol–water partition coefficient (Wildman–Crippen LogP) is 0.546. The van der Waals surface area contributed by atoms with Gasteiger partial charge in [0, 0.05) is 12.1 Å². The van der Waals surface area contributed by atoms with E-state index in [4.69, 9.17) is 5.11 Å². The average Bonchev–Trinajstić information content (AvgIpc) is 2.42. The summed E-state index contributed by atoms with van der Waals surface area (Å²) in [6.07, 6.45) is 6.04. The van der Waals surface area contributed by atoms with Crippen molar-refractivity contribution in [1.82, 2.24) is 0 Å². The van der Waals surface area contributed by atoms with Crippen molar-refractivity contribution in [2.45, 2.75) is 0 Å². The monoisotopic (exact) mass is 135 g/mol. The summed E-state index contributed by atoms with van der Waals surface area (Å²) in [4.78, 5) is 4.12. The highest BCUT2D eigenvalue weighted by atomic mass is 16.3. The topological polar surface area (TPSA) is 32.6 Å². The predicted molar refractivity (Wildman–Crippen MR) is 40.1 cm³/mol. The zero-order valence-electron chi connectivity index (χ0n) is 5.62. The molecule has 0 spiro atoms. The largest absolute Gasteiger partial charge is 0.392 e. The first kappa shape index (κ1) is 5.86. The lowest BCUT2D eigenvalue weighted by molar-refractivity contribution is 0.335. The normalized spacial score (nSPS) is 28.3. The minimum Gasteiger partial charge on any atom is -0.392 e. The van der Waals surface area contributed by atoms with Crippen LogP contribution in [0, 0.1) is 5.92 Å². The number of fused-ring (bicyclic) bond motifs is 1. The highest BCUT2D eigenvalue weighted by molar-refractivity contribution is 5.74. The molecule has 1 atom stereocenters. The first-order valence-corrected chi connectivity index (χ1v) is 3.42. The molecule has 0 saturated carbocycles. The number of aliphatic hydroxyl groups is 1. The molecule has 0 amide bonds. The lowest BCUT2D eigenvalue weighted by Crippen LogP contribution is -1.91. The number of hydrogen-bond donors (Lipinski definition) is 1. The van der Waals surface area contributed by atoms with E-state index in [-0.39, 0.29) is 6.61 Å². The van der Waals surface area contributed by atoms with Gasteiger partial charge in [-0.05, 0) is 11.1 Å². The first-order chi connectivity index (χ1) is 4.90. The van der Waals surface area contributed by atoms with Crippen LogP contribution in [0.25, 0.3) is 0 Å². The van der Waals surface area contributed by atoms with E-state index in [0.717, 1.165) is 12.1 Å². The summed E-state index contributed by atoms with van der Waals surface area (Å²) in [6.45, 7) is 0.985. The summed E-state index contributed by atoms with van der Waals surface area (Å²) in [5.41, 5.74) is 2.36. The summed E-state index contributed by atoms with van der Waals surface area (Å²) in [5, 5.41) is 8.76. The van der Waals surface area contributed by atoms with Gasteiger partial charge in [0.1, 0.15) is 0 Å². The summed E-state index contributed by atoms with van der Waals surface area (Å²) < 4.78 is 0. The quantitative estimate of drug-likeness (QED) is 0.559. The lowest BCUT2D eigenvalue weighted by atomic mass is 10.1. The molecule has 1 N–H and O–H groups in total. The van der Waals surface area contributed by atoms with Crippen LogP contribution in [0.4, 0.5) is 0 Å². The van der Waals surface area contributed by atoms with Gasteiger partial charge in [-0.25, -0.2) is 0 Å². The van der Waals surface area contributed by atoms with Crippen molar-refractivity contribution in [2.75, 3.05) is 13.2 Å². The van der Waals surface area contributed by atoms with Gasteiger partial charge >= 0.3 is 0 Å². The Labute approximate surface area is 59.6 Å². The van der Waals surface area contributed by atoms with Crippen LogP contribution in [-0.4, -0.2) is 24.5 Å². The van der Waals surface area contributed by atoms with E-state index < -0.39 is 0 Å². The van der Waals surface area contributed by atoms with Gasteiger partial charge in [0.15, 0.2) is 0 Å². The Morgan fingerprint density at radius 1 is 1.70 bits per heavy atom. The molecule has 0 aromatic rings. The number of allylic oxidation sites excluding steroid dienone is 1. The third-order valence-corrected chi connectivity index (χ3v) is 1.92. The summed E-state index contributed by atoms with van der Waals surface area (Å²) in [6, 6.07) is 0. The fourth-order valence-corrected chi connectivity index (χ4v) is 1.38. The van der Waals surface area contributed by atoms with Gasteiger partial charge in [-0.3, -0.25) is 4.99 Å². The average molecular weight is 135 g/mol. The molecule has 1 aliphatic carbocycles. The van der Waals surface area contributed by atoms with Gasteiger partial charge in [0.05, 0.1) is 13.2 Å². The van der Waals surface area contributed by atoms with Gasteiger partial charge in [-0.1, -0.05) is 12.2 Å². The van der Waals surface area contributed by atoms with Gasteiger partial charge in [-0.15, -0.1) is 0 Å². The van der Waals surface area contributed by atoms with Crippen molar-refractivity contribution in [2.24, 2.45) is 10.9 Å². The summed E-state index contributed by atoms with van der Waals surface area (Å²) in [5.74, 6) is 0.405. The Kier molecular flexibility index (Phi) is 1.21. The fourth-order valence-electron chi connectivity index (χ4n) is 1.38. The van der Waals surface area contributed by atoms with Crippen LogP contribution in [0.2, 0.25) is 0 Å². The number of hydrogen-bond acceptors (Lipinski definition) is 2. The summed E-state index contributed by atoms with van der Waals surface area (Å²) >= 11 is 0. The van der Waals surface area contributed by atoms with E-state index in [1.807, 2.05) is 12.3 Å². The van der Waals surface area contributed by atoms with Crippen molar-refractivity contribution in [3.63, 3.8) is 0 Å². The van der Waals surface area contributed by atoms with Crippen molar-refractivity contribution < 1.29 is 5.11 Å². The zero-order valence-corrected chi connectivity index (χ0v) is 5.62. The van der Waals surface area contributed by atoms with E-state index >= 15 is 0 Å². The highest BCUT2D eigenvalue weighted by Crippen LogP contribution is 2.26. The SMILES string of the molecule is OCC1=C[C@H]2C=NCC2=C1. The zero-order chi connectivity index (χ0) is 6.97. The summed E-state index contributed by atoms with van der Waals surface area (Å²) in [7, 11) is 0. The van der Waals surface area contributed by atoms with Crippen LogP contribution in [0.15, 0.2) is 28.3 Å². The Hall–Kier alpha value is -0.890. The molecule has 0 aromatic heterocycles. The Balaban J connectivity index is 2.26. The molecule has 0 fully saturated rings. The van der Waals surface area contributed by atoms with Gasteiger partial charge in [0.25, 0.3) is 0 Å². The van der Waals surface area contributed by atoms with Crippen LogP contribution in [-0.2, 0) is 0 Å². The highest BCUT2D eigenvalue weighted by Gasteiger charge is 2.19. The molecule has 0 aromatic carbocycles. The second kappa shape index (κ2) is 2.06. The Bertz CT molecular complexity index is 238. The van der Waals surface area contributed by atoms with Crippen molar-refractivity contribution >= 4 is 6.21 Å². The van der Waals surface area contributed by atoms with Gasteiger partial charge < -0.3 is 5.11 Å². The minimum absolute atomic E-state index is 0.161. The third kappa shape index (κ3) is 0.727. The lowest BCUT2D eigenvalue weighted by Gasteiger charge is -1.92.